The average Bonchev–Trinajstić information content (AvgIpc) is 2.46. The van der Waals surface area contributed by atoms with Gasteiger partial charge in [-0.15, -0.1) is 0 Å². The van der Waals surface area contributed by atoms with Gasteiger partial charge in [0.15, 0.2) is 0 Å². The van der Waals surface area contributed by atoms with Crippen molar-refractivity contribution in [1.82, 2.24) is 0 Å². The van der Waals surface area contributed by atoms with Crippen LogP contribution in [-0.4, -0.2) is 22.5 Å². The van der Waals surface area contributed by atoms with Gasteiger partial charge in [0.1, 0.15) is 0 Å². The summed E-state index contributed by atoms with van der Waals surface area (Å²) in [6, 6.07) is 6.67. The van der Waals surface area contributed by atoms with Crippen molar-refractivity contribution in [3.63, 3.8) is 0 Å². The number of benzene rings is 1. The zero-order valence-corrected chi connectivity index (χ0v) is 12.0. The first-order chi connectivity index (χ1) is 9.15. The lowest BCUT2D eigenvalue weighted by molar-refractivity contribution is -0.384. The predicted molar refractivity (Wildman–Crippen MR) is 80.9 cm³/mol. The summed E-state index contributed by atoms with van der Waals surface area (Å²) < 4.78 is 0.333. The highest BCUT2D eigenvalue weighted by Gasteiger charge is 2.30. The Morgan fingerprint density at radius 2 is 1.89 bits per heavy atom. The third-order valence-corrected chi connectivity index (χ3v) is 5.31. The number of nitro groups is 1. The van der Waals surface area contributed by atoms with E-state index >= 15 is 0 Å². The molecule has 1 aromatic carbocycles. The first-order valence-electron chi connectivity index (χ1n) is 6.69. The molecule has 0 spiro atoms. The van der Waals surface area contributed by atoms with Crippen LogP contribution in [0.15, 0.2) is 24.3 Å². The molecule has 5 heteroatoms. The Balaban J connectivity index is 1.95. The lowest BCUT2D eigenvalue weighted by Crippen LogP contribution is -2.35. The summed E-state index contributed by atoms with van der Waals surface area (Å²) in [6.45, 7) is 0.936. The summed E-state index contributed by atoms with van der Waals surface area (Å²) in [6.07, 6.45) is 8.66. The number of rotatable bonds is 5. The maximum absolute atomic E-state index is 10.6. The maximum atomic E-state index is 10.6. The van der Waals surface area contributed by atoms with Gasteiger partial charge in [0.05, 0.1) is 4.92 Å². The minimum Gasteiger partial charge on any atom is -0.384 e. The maximum Gasteiger partial charge on any atom is 0.269 e. The lowest BCUT2D eigenvalue weighted by Gasteiger charge is -2.36. The molecule has 0 aromatic heterocycles. The molecule has 1 aromatic rings. The van der Waals surface area contributed by atoms with Crippen molar-refractivity contribution in [3.8, 4) is 0 Å². The fourth-order valence-corrected chi connectivity index (χ4v) is 3.53. The van der Waals surface area contributed by atoms with Crippen molar-refractivity contribution < 1.29 is 4.92 Å². The minimum absolute atomic E-state index is 0.141. The van der Waals surface area contributed by atoms with E-state index in [1.807, 2.05) is 11.8 Å². The molecule has 4 nitrogen and oxygen atoms in total. The number of hydrogen-bond donors (Lipinski definition) is 1. The van der Waals surface area contributed by atoms with E-state index in [1.165, 1.54) is 32.1 Å². The number of thioether (sulfide) groups is 1. The van der Waals surface area contributed by atoms with Crippen LogP contribution in [0.3, 0.4) is 0 Å². The average molecular weight is 280 g/mol. The molecule has 0 unspecified atom stereocenters. The molecule has 0 amide bonds. The largest absolute Gasteiger partial charge is 0.384 e. The van der Waals surface area contributed by atoms with Crippen LogP contribution in [0.2, 0.25) is 0 Å². The van der Waals surface area contributed by atoms with Crippen LogP contribution in [0.5, 0.6) is 0 Å². The van der Waals surface area contributed by atoms with Crippen molar-refractivity contribution in [3.05, 3.63) is 34.4 Å². The summed E-state index contributed by atoms with van der Waals surface area (Å²) in [5.74, 6) is 0. The van der Waals surface area contributed by atoms with E-state index < -0.39 is 0 Å². The fourth-order valence-electron chi connectivity index (χ4n) is 2.61. The smallest absolute Gasteiger partial charge is 0.269 e. The Morgan fingerprint density at radius 3 is 2.42 bits per heavy atom. The van der Waals surface area contributed by atoms with Gasteiger partial charge in [-0.2, -0.15) is 11.8 Å². The first-order valence-corrected chi connectivity index (χ1v) is 7.91. The molecule has 1 aliphatic carbocycles. The highest BCUT2D eigenvalue weighted by Crippen LogP contribution is 2.38. The molecule has 0 atom stereocenters. The van der Waals surface area contributed by atoms with Gasteiger partial charge in [0.2, 0.25) is 0 Å². The lowest BCUT2D eigenvalue weighted by atomic mass is 9.88. The SMILES string of the molecule is CSC1(CNc2ccc([N+](=O)[O-])cc2)CCCCC1. The molecule has 0 heterocycles. The Morgan fingerprint density at radius 1 is 1.26 bits per heavy atom. The van der Waals surface area contributed by atoms with E-state index in [2.05, 4.69) is 11.6 Å². The summed E-state index contributed by atoms with van der Waals surface area (Å²) in [7, 11) is 0. The Kier molecular flexibility index (Phi) is 4.69. The topological polar surface area (TPSA) is 55.2 Å². The van der Waals surface area contributed by atoms with Crippen LogP contribution in [-0.2, 0) is 0 Å². The molecule has 0 bridgehead atoms. The molecule has 1 N–H and O–H groups in total. The number of hydrogen-bond acceptors (Lipinski definition) is 4. The normalized spacial score (nSPS) is 17.9. The zero-order valence-electron chi connectivity index (χ0n) is 11.2. The molecule has 0 radical (unpaired) electrons. The summed E-state index contributed by atoms with van der Waals surface area (Å²) >= 11 is 1.95. The Hall–Kier alpha value is -1.23. The molecule has 0 aliphatic heterocycles. The summed E-state index contributed by atoms with van der Waals surface area (Å²) in [5, 5.41) is 14.0. The van der Waals surface area contributed by atoms with Gasteiger partial charge in [-0.05, 0) is 31.2 Å². The van der Waals surface area contributed by atoms with Gasteiger partial charge in [-0.25, -0.2) is 0 Å². The second-order valence-electron chi connectivity index (χ2n) is 5.11. The number of non-ortho nitro benzene ring substituents is 1. The van der Waals surface area contributed by atoms with Crippen molar-refractivity contribution in [2.75, 3.05) is 18.1 Å². The summed E-state index contributed by atoms with van der Waals surface area (Å²) in [4.78, 5) is 10.2. The molecule has 2 rings (SSSR count). The number of nitrogens with one attached hydrogen (secondary N) is 1. The molecule has 104 valence electrons. The Labute approximate surface area is 118 Å². The second-order valence-corrected chi connectivity index (χ2v) is 6.38. The van der Waals surface area contributed by atoms with Crippen molar-refractivity contribution in [2.24, 2.45) is 0 Å². The quantitative estimate of drug-likeness (QED) is 0.652. The minimum atomic E-state index is -0.367. The van der Waals surface area contributed by atoms with E-state index in [9.17, 15) is 10.1 Å². The molecule has 1 saturated carbocycles. The van der Waals surface area contributed by atoms with E-state index in [4.69, 9.17) is 0 Å². The Bertz CT molecular complexity index is 428. The van der Waals surface area contributed by atoms with E-state index in [-0.39, 0.29) is 10.6 Å². The molecule has 1 aliphatic rings. The molecular formula is C14H20N2O2S. The highest BCUT2D eigenvalue weighted by molar-refractivity contribution is 8.00. The van der Waals surface area contributed by atoms with Gasteiger partial charge in [-0.1, -0.05) is 19.3 Å². The van der Waals surface area contributed by atoms with Crippen LogP contribution in [0, 0.1) is 10.1 Å². The molecule has 1 fully saturated rings. The third-order valence-electron chi connectivity index (χ3n) is 3.89. The van der Waals surface area contributed by atoms with E-state index in [0.29, 0.717) is 4.75 Å². The predicted octanol–water partition coefficient (Wildman–Crippen LogP) is 4.07. The van der Waals surface area contributed by atoms with Gasteiger partial charge in [-0.3, -0.25) is 10.1 Å². The highest BCUT2D eigenvalue weighted by atomic mass is 32.2. The van der Waals surface area contributed by atoms with Crippen LogP contribution in [0.4, 0.5) is 11.4 Å². The number of anilines is 1. The van der Waals surface area contributed by atoms with Gasteiger partial charge >= 0.3 is 0 Å². The van der Waals surface area contributed by atoms with Crippen LogP contribution >= 0.6 is 11.8 Å². The van der Waals surface area contributed by atoms with Crippen LogP contribution in [0.1, 0.15) is 32.1 Å². The van der Waals surface area contributed by atoms with Crippen molar-refractivity contribution >= 4 is 23.1 Å². The van der Waals surface area contributed by atoms with Crippen molar-refractivity contribution in [2.45, 2.75) is 36.9 Å². The first kappa shape index (κ1) is 14.2. The number of nitro benzene ring substituents is 1. The fraction of sp³-hybridized carbons (Fsp3) is 0.571. The van der Waals surface area contributed by atoms with Crippen LogP contribution in [0.25, 0.3) is 0 Å². The second kappa shape index (κ2) is 6.28. The third kappa shape index (κ3) is 3.62. The standard InChI is InChI=1S/C14H20N2O2S/c1-19-14(9-3-2-4-10-14)11-15-12-5-7-13(8-6-12)16(17)18/h5-8,15H,2-4,9-11H2,1H3. The van der Waals surface area contributed by atoms with E-state index in [0.717, 1.165) is 12.2 Å². The van der Waals surface area contributed by atoms with Gasteiger partial charge in [0, 0.05) is 29.1 Å². The van der Waals surface area contributed by atoms with E-state index in [1.54, 1.807) is 24.3 Å². The monoisotopic (exact) mass is 280 g/mol. The zero-order chi connectivity index (χ0) is 13.7. The van der Waals surface area contributed by atoms with Crippen molar-refractivity contribution in [1.29, 1.82) is 0 Å². The van der Waals surface area contributed by atoms with Gasteiger partial charge in [0.25, 0.3) is 5.69 Å². The van der Waals surface area contributed by atoms with Crippen LogP contribution < -0.4 is 5.32 Å². The number of nitrogens with zero attached hydrogens (tertiary/aromatic N) is 1. The molecular weight excluding hydrogens is 260 g/mol. The summed E-state index contributed by atoms with van der Waals surface area (Å²) in [5.41, 5.74) is 1.10. The van der Waals surface area contributed by atoms with Gasteiger partial charge < -0.3 is 5.32 Å². The molecule has 19 heavy (non-hydrogen) atoms. The molecule has 0 saturated heterocycles.